The topological polar surface area (TPSA) is 83.8 Å². The van der Waals surface area contributed by atoms with Gasteiger partial charge in [-0.1, -0.05) is 27.7 Å². The number of aromatic amines is 1. The number of hydrogen-bond donors (Lipinski definition) is 3. The third-order valence-electron chi connectivity index (χ3n) is 3.44. The van der Waals surface area contributed by atoms with Crippen LogP contribution in [0.25, 0.3) is 0 Å². The van der Waals surface area contributed by atoms with Gasteiger partial charge in [0.1, 0.15) is 0 Å². The van der Waals surface area contributed by atoms with Crippen molar-refractivity contribution in [2.45, 2.75) is 46.1 Å². The van der Waals surface area contributed by atoms with E-state index in [9.17, 15) is 4.79 Å². The zero-order chi connectivity index (χ0) is 12.8. The summed E-state index contributed by atoms with van der Waals surface area (Å²) in [6.45, 7) is 8.28. The summed E-state index contributed by atoms with van der Waals surface area (Å²) in [5.74, 6) is 0.0580. The Bertz CT molecular complexity index is 447. The molecule has 0 aliphatic heterocycles. The van der Waals surface area contributed by atoms with Gasteiger partial charge in [-0.25, -0.2) is 0 Å². The van der Waals surface area contributed by atoms with E-state index in [2.05, 4.69) is 29.4 Å². The highest BCUT2D eigenvalue weighted by atomic mass is 16.2. The van der Waals surface area contributed by atoms with Crippen molar-refractivity contribution in [1.82, 2.24) is 15.5 Å². The predicted molar refractivity (Wildman–Crippen MR) is 66.7 cm³/mol. The molecule has 1 unspecified atom stereocenters. The van der Waals surface area contributed by atoms with Gasteiger partial charge in [0, 0.05) is 6.04 Å². The van der Waals surface area contributed by atoms with Crippen LogP contribution in [-0.4, -0.2) is 22.1 Å². The lowest BCUT2D eigenvalue weighted by molar-refractivity contribution is 0.0942. The van der Waals surface area contributed by atoms with Crippen LogP contribution in [0.2, 0.25) is 0 Å². The van der Waals surface area contributed by atoms with Crippen molar-refractivity contribution in [3.63, 3.8) is 0 Å². The van der Waals surface area contributed by atoms with Gasteiger partial charge in [-0.2, -0.15) is 5.10 Å². The van der Waals surface area contributed by atoms with Crippen molar-refractivity contribution in [1.29, 1.82) is 0 Å². The minimum atomic E-state index is -0.179. The zero-order valence-electron chi connectivity index (χ0n) is 10.8. The molecular weight excluding hydrogens is 216 g/mol. The maximum Gasteiger partial charge on any atom is 0.274 e. The van der Waals surface area contributed by atoms with Gasteiger partial charge in [-0.05, 0) is 17.8 Å². The minimum Gasteiger partial charge on any atom is -0.395 e. The number of nitrogens with one attached hydrogen (secondary N) is 2. The summed E-state index contributed by atoms with van der Waals surface area (Å²) in [6, 6.07) is 0.244. The lowest BCUT2D eigenvalue weighted by Crippen LogP contribution is -2.29. The van der Waals surface area contributed by atoms with Crippen LogP contribution in [0.15, 0.2) is 0 Å². The molecule has 5 heteroatoms. The van der Waals surface area contributed by atoms with E-state index in [1.165, 1.54) is 0 Å². The Morgan fingerprint density at radius 3 is 2.59 bits per heavy atom. The highest BCUT2D eigenvalue weighted by Gasteiger charge is 2.47. The van der Waals surface area contributed by atoms with Crippen LogP contribution in [0.3, 0.4) is 0 Å². The van der Waals surface area contributed by atoms with Gasteiger partial charge in [-0.15, -0.1) is 0 Å². The molecule has 4 N–H and O–H groups in total. The molecule has 2 rings (SSSR count). The lowest BCUT2D eigenvalue weighted by Gasteiger charge is -2.06. The number of H-pyrrole nitrogens is 1. The summed E-state index contributed by atoms with van der Waals surface area (Å²) >= 11 is 0. The fraction of sp³-hybridized carbons (Fsp3) is 0.667. The fourth-order valence-corrected chi connectivity index (χ4v) is 1.92. The second kappa shape index (κ2) is 3.75. The summed E-state index contributed by atoms with van der Waals surface area (Å²) in [4.78, 5) is 12.0. The van der Waals surface area contributed by atoms with Crippen molar-refractivity contribution in [3.05, 3.63) is 11.4 Å². The highest BCUT2D eigenvalue weighted by Crippen LogP contribution is 2.44. The SMILES string of the molecule is CC(C)c1[nH]nc(C(=O)NC2CC2(C)C)c1N. The molecule has 0 spiro atoms. The monoisotopic (exact) mass is 236 g/mol. The van der Waals surface area contributed by atoms with E-state index in [0.717, 1.165) is 12.1 Å². The maximum absolute atomic E-state index is 12.0. The molecule has 1 saturated carbocycles. The van der Waals surface area contributed by atoms with Gasteiger partial charge in [0.05, 0.1) is 11.4 Å². The molecular formula is C12H20N4O. The number of nitrogens with two attached hydrogens (primary N) is 1. The number of carbonyl (C=O) groups is 1. The fourth-order valence-electron chi connectivity index (χ4n) is 1.92. The molecule has 1 heterocycles. The molecule has 1 aliphatic carbocycles. The molecule has 1 fully saturated rings. The summed E-state index contributed by atoms with van der Waals surface area (Å²) in [5, 5.41) is 9.79. The Balaban J connectivity index is 2.10. The van der Waals surface area contributed by atoms with Crippen molar-refractivity contribution in [3.8, 4) is 0 Å². The third-order valence-corrected chi connectivity index (χ3v) is 3.44. The molecule has 1 aromatic heterocycles. The van der Waals surface area contributed by atoms with Gasteiger partial charge < -0.3 is 11.1 Å². The molecule has 0 saturated heterocycles. The molecule has 1 atom stereocenters. The number of hydrogen-bond acceptors (Lipinski definition) is 3. The zero-order valence-corrected chi connectivity index (χ0v) is 10.8. The minimum absolute atomic E-state index is 0.179. The summed E-state index contributed by atoms with van der Waals surface area (Å²) in [6.07, 6.45) is 1.01. The second-order valence-electron chi connectivity index (χ2n) is 5.77. The first-order valence-corrected chi connectivity index (χ1v) is 5.97. The first kappa shape index (κ1) is 12.0. The standard InChI is InChI=1S/C12H20N4O/c1-6(2)9-8(13)10(16-15-9)11(17)14-7-5-12(7,3)4/h6-7H,5,13H2,1-4H3,(H,14,17)(H,15,16). The van der Waals surface area contributed by atoms with E-state index in [1.54, 1.807) is 0 Å². The average molecular weight is 236 g/mol. The Hall–Kier alpha value is -1.52. The smallest absolute Gasteiger partial charge is 0.274 e. The normalized spacial score (nSPS) is 21.6. The largest absolute Gasteiger partial charge is 0.395 e. The predicted octanol–water partition coefficient (Wildman–Crippen LogP) is 1.64. The van der Waals surface area contributed by atoms with Gasteiger partial charge in [0.2, 0.25) is 0 Å². The van der Waals surface area contributed by atoms with Gasteiger partial charge in [0.15, 0.2) is 5.69 Å². The van der Waals surface area contributed by atoms with Crippen LogP contribution >= 0.6 is 0 Å². The van der Waals surface area contributed by atoms with Crippen LogP contribution in [0, 0.1) is 5.41 Å². The summed E-state index contributed by atoms with van der Waals surface area (Å²) in [7, 11) is 0. The van der Waals surface area contributed by atoms with Crippen LogP contribution in [0.4, 0.5) is 5.69 Å². The average Bonchev–Trinajstić information content (AvgIpc) is 2.64. The molecule has 1 amide bonds. The Kier molecular flexibility index (Phi) is 2.64. The summed E-state index contributed by atoms with van der Waals surface area (Å²) < 4.78 is 0. The van der Waals surface area contributed by atoms with Crippen molar-refractivity contribution >= 4 is 11.6 Å². The van der Waals surface area contributed by atoms with Crippen LogP contribution in [-0.2, 0) is 0 Å². The first-order valence-electron chi connectivity index (χ1n) is 5.97. The molecule has 1 aliphatic rings. The van der Waals surface area contributed by atoms with E-state index in [0.29, 0.717) is 11.4 Å². The van der Waals surface area contributed by atoms with E-state index < -0.39 is 0 Å². The maximum atomic E-state index is 12.0. The number of anilines is 1. The van der Waals surface area contributed by atoms with Crippen LogP contribution < -0.4 is 11.1 Å². The highest BCUT2D eigenvalue weighted by molar-refractivity contribution is 5.98. The van der Waals surface area contributed by atoms with E-state index >= 15 is 0 Å². The lowest BCUT2D eigenvalue weighted by atomic mass is 10.1. The molecule has 5 nitrogen and oxygen atoms in total. The molecule has 0 aromatic carbocycles. The molecule has 0 bridgehead atoms. The molecule has 1 aromatic rings. The number of rotatable bonds is 3. The Morgan fingerprint density at radius 1 is 1.59 bits per heavy atom. The van der Waals surface area contributed by atoms with Crippen LogP contribution in [0.1, 0.15) is 56.2 Å². The summed E-state index contributed by atoms with van der Waals surface area (Å²) in [5.41, 5.74) is 7.73. The molecule has 94 valence electrons. The van der Waals surface area contributed by atoms with Crippen molar-refractivity contribution < 1.29 is 4.79 Å². The van der Waals surface area contributed by atoms with Gasteiger partial charge in [-0.3, -0.25) is 9.89 Å². The molecule has 17 heavy (non-hydrogen) atoms. The third kappa shape index (κ3) is 2.14. The van der Waals surface area contributed by atoms with Gasteiger partial charge in [0.25, 0.3) is 5.91 Å². The number of nitrogens with zero attached hydrogens (tertiary/aromatic N) is 1. The molecule has 0 radical (unpaired) electrons. The van der Waals surface area contributed by atoms with E-state index in [-0.39, 0.29) is 23.3 Å². The van der Waals surface area contributed by atoms with Crippen LogP contribution in [0.5, 0.6) is 0 Å². The Morgan fingerprint density at radius 2 is 2.18 bits per heavy atom. The number of nitrogen functional groups attached to an aromatic ring is 1. The number of amides is 1. The van der Waals surface area contributed by atoms with Gasteiger partial charge >= 0.3 is 0 Å². The Labute approximate surface area is 101 Å². The number of aromatic nitrogens is 2. The van der Waals surface area contributed by atoms with E-state index in [1.807, 2.05) is 13.8 Å². The first-order chi connectivity index (χ1) is 7.83. The van der Waals surface area contributed by atoms with E-state index in [4.69, 9.17) is 5.73 Å². The second-order valence-corrected chi connectivity index (χ2v) is 5.77. The van der Waals surface area contributed by atoms with Crippen molar-refractivity contribution in [2.75, 3.05) is 5.73 Å². The van der Waals surface area contributed by atoms with Crippen molar-refractivity contribution in [2.24, 2.45) is 5.41 Å². The number of carbonyl (C=O) groups excluding carboxylic acids is 1. The quantitative estimate of drug-likeness (QED) is 0.746.